The largest absolute Gasteiger partial charge is 0.494 e. The van der Waals surface area contributed by atoms with Crippen LogP contribution >= 0.6 is 0 Å². The average Bonchev–Trinajstić information content (AvgIpc) is 2.86. The van der Waals surface area contributed by atoms with Gasteiger partial charge in [-0.2, -0.15) is 0 Å². The van der Waals surface area contributed by atoms with E-state index in [4.69, 9.17) is 14.2 Å². The maximum absolute atomic E-state index is 12.4. The van der Waals surface area contributed by atoms with Crippen molar-refractivity contribution in [3.8, 4) is 17.2 Å². The second-order valence-electron chi connectivity index (χ2n) is 7.09. The number of carbonyl (C=O) groups is 2. The maximum Gasteiger partial charge on any atom is 0.258 e. The van der Waals surface area contributed by atoms with Crippen LogP contribution < -0.4 is 24.8 Å². The van der Waals surface area contributed by atoms with Crippen LogP contribution in [0.5, 0.6) is 17.2 Å². The Labute approximate surface area is 193 Å². The van der Waals surface area contributed by atoms with Gasteiger partial charge in [-0.05, 0) is 55.0 Å². The molecule has 33 heavy (non-hydrogen) atoms. The van der Waals surface area contributed by atoms with Gasteiger partial charge in [0.2, 0.25) is 0 Å². The number of benzene rings is 3. The normalized spacial score (nSPS) is 10.2. The first-order valence-corrected chi connectivity index (χ1v) is 10.8. The highest BCUT2D eigenvalue weighted by Crippen LogP contribution is 2.17. The number of ether oxygens (including phenoxy) is 3. The molecule has 0 aromatic heterocycles. The number of hydrogen-bond acceptors (Lipinski definition) is 5. The summed E-state index contributed by atoms with van der Waals surface area (Å²) >= 11 is 0. The van der Waals surface area contributed by atoms with Gasteiger partial charge >= 0.3 is 0 Å². The van der Waals surface area contributed by atoms with Crippen molar-refractivity contribution in [2.75, 3.05) is 26.4 Å². The van der Waals surface area contributed by atoms with Crippen molar-refractivity contribution in [1.82, 2.24) is 10.6 Å². The summed E-state index contributed by atoms with van der Waals surface area (Å²) in [6.07, 6.45) is 0. The van der Waals surface area contributed by atoms with Crippen LogP contribution in [-0.2, 0) is 11.3 Å². The third-order valence-electron chi connectivity index (χ3n) is 4.59. The Kier molecular flexibility index (Phi) is 9.15. The highest BCUT2D eigenvalue weighted by Gasteiger charge is 2.08. The van der Waals surface area contributed by atoms with Gasteiger partial charge in [0.05, 0.1) is 13.2 Å². The minimum atomic E-state index is -0.274. The minimum absolute atomic E-state index is 0.155. The molecule has 3 aromatic carbocycles. The van der Waals surface area contributed by atoms with E-state index >= 15 is 0 Å². The molecule has 3 aromatic rings. The van der Waals surface area contributed by atoms with E-state index in [1.54, 1.807) is 24.3 Å². The predicted molar refractivity (Wildman–Crippen MR) is 126 cm³/mol. The summed E-state index contributed by atoms with van der Waals surface area (Å²) in [4.78, 5) is 24.4. The van der Waals surface area contributed by atoms with E-state index < -0.39 is 0 Å². The molecule has 2 amide bonds. The van der Waals surface area contributed by atoms with Gasteiger partial charge < -0.3 is 24.8 Å². The van der Waals surface area contributed by atoms with Gasteiger partial charge in [-0.15, -0.1) is 0 Å². The molecule has 3 rings (SSSR count). The fraction of sp³-hybridized carbons (Fsp3) is 0.231. The molecule has 0 aliphatic heterocycles. The van der Waals surface area contributed by atoms with Crippen LogP contribution in [0.1, 0.15) is 22.8 Å². The Bertz CT molecular complexity index is 1020. The van der Waals surface area contributed by atoms with E-state index in [0.29, 0.717) is 43.4 Å². The van der Waals surface area contributed by atoms with Crippen molar-refractivity contribution >= 4 is 11.8 Å². The Morgan fingerprint density at radius 1 is 0.758 bits per heavy atom. The molecule has 0 bridgehead atoms. The maximum atomic E-state index is 12.4. The molecule has 2 N–H and O–H groups in total. The van der Waals surface area contributed by atoms with Crippen LogP contribution in [0, 0.1) is 0 Å². The van der Waals surface area contributed by atoms with Crippen molar-refractivity contribution in [1.29, 1.82) is 0 Å². The molecule has 7 nitrogen and oxygen atoms in total. The van der Waals surface area contributed by atoms with E-state index in [0.717, 1.165) is 11.3 Å². The quantitative estimate of drug-likeness (QED) is 0.414. The van der Waals surface area contributed by atoms with Crippen LogP contribution in [0.4, 0.5) is 0 Å². The summed E-state index contributed by atoms with van der Waals surface area (Å²) < 4.78 is 16.5. The summed E-state index contributed by atoms with van der Waals surface area (Å²) in [6, 6.07) is 23.7. The first-order valence-electron chi connectivity index (χ1n) is 10.8. The second kappa shape index (κ2) is 12.8. The molecule has 0 radical (unpaired) electrons. The van der Waals surface area contributed by atoms with Crippen LogP contribution in [-0.4, -0.2) is 38.2 Å². The van der Waals surface area contributed by atoms with E-state index in [1.165, 1.54) is 0 Å². The van der Waals surface area contributed by atoms with Crippen LogP contribution in [0.25, 0.3) is 0 Å². The zero-order valence-electron chi connectivity index (χ0n) is 18.6. The predicted octanol–water partition coefficient (Wildman–Crippen LogP) is 3.59. The molecule has 0 aliphatic carbocycles. The smallest absolute Gasteiger partial charge is 0.258 e. The van der Waals surface area contributed by atoms with E-state index in [-0.39, 0.29) is 18.4 Å². The van der Waals surface area contributed by atoms with E-state index in [2.05, 4.69) is 10.6 Å². The molecular weight excluding hydrogens is 420 g/mol. The van der Waals surface area contributed by atoms with Gasteiger partial charge in [0.1, 0.15) is 23.9 Å². The Morgan fingerprint density at radius 3 is 2.21 bits per heavy atom. The van der Waals surface area contributed by atoms with Crippen LogP contribution in [0.3, 0.4) is 0 Å². The lowest BCUT2D eigenvalue weighted by Gasteiger charge is -2.10. The molecule has 0 spiro atoms. The fourth-order valence-corrected chi connectivity index (χ4v) is 2.97. The van der Waals surface area contributed by atoms with Crippen molar-refractivity contribution in [3.63, 3.8) is 0 Å². The summed E-state index contributed by atoms with van der Waals surface area (Å²) in [7, 11) is 0. The standard InChI is InChI=1S/C26H28N2O5/c1-2-31-22-11-13-23(14-12-22)32-16-15-27-25(29)19-33-24-10-6-9-21(17-24)26(30)28-18-20-7-4-3-5-8-20/h3-14,17H,2,15-16,18-19H2,1H3,(H,27,29)(H,28,30). The van der Waals surface area contributed by atoms with Crippen molar-refractivity contribution in [2.45, 2.75) is 13.5 Å². The van der Waals surface area contributed by atoms with Gasteiger partial charge in [-0.25, -0.2) is 0 Å². The number of rotatable bonds is 12. The summed E-state index contributed by atoms with van der Waals surface area (Å²) in [5, 5.41) is 5.61. The second-order valence-corrected chi connectivity index (χ2v) is 7.09. The van der Waals surface area contributed by atoms with Crippen molar-refractivity contribution < 1.29 is 23.8 Å². The fourth-order valence-electron chi connectivity index (χ4n) is 2.97. The molecule has 0 heterocycles. The van der Waals surface area contributed by atoms with Gasteiger partial charge in [-0.3, -0.25) is 9.59 Å². The van der Waals surface area contributed by atoms with E-state index in [1.807, 2.05) is 61.5 Å². The Balaban J connectivity index is 1.36. The average molecular weight is 449 g/mol. The summed E-state index contributed by atoms with van der Waals surface area (Å²) in [6.45, 7) is 3.50. The molecule has 7 heteroatoms. The molecule has 0 saturated heterocycles. The Morgan fingerprint density at radius 2 is 1.48 bits per heavy atom. The SMILES string of the molecule is CCOc1ccc(OCCNC(=O)COc2cccc(C(=O)NCc3ccccc3)c2)cc1. The summed E-state index contributed by atoms with van der Waals surface area (Å²) in [5.74, 6) is 1.45. The van der Waals surface area contributed by atoms with Gasteiger partial charge in [0, 0.05) is 12.1 Å². The minimum Gasteiger partial charge on any atom is -0.494 e. The van der Waals surface area contributed by atoms with E-state index in [9.17, 15) is 9.59 Å². The zero-order chi connectivity index (χ0) is 23.3. The molecule has 0 unspecified atom stereocenters. The van der Waals surface area contributed by atoms with Gasteiger partial charge in [0.25, 0.3) is 11.8 Å². The topological polar surface area (TPSA) is 85.9 Å². The number of carbonyl (C=O) groups excluding carboxylic acids is 2. The zero-order valence-corrected chi connectivity index (χ0v) is 18.6. The highest BCUT2D eigenvalue weighted by atomic mass is 16.5. The van der Waals surface area contributed by atoms with Crippen molar-refractivity contribution in [3.05, 3.63) is 90.0 Å². The van der Waals surface area contributed by atoms with Crippen LogP contribution in [0.2, 0.25) is 0 Å². The van der Waals surface area contributed by atoms with Crippen molar-refractivity contribution in [2.24, 2.45) is 0 Å². The molecular formula is C26H28N2O5. The highest BCUT2D eigenvalue weighted by molar-refractivity contribution is 5.94. The lowest BCUT2D eigenvalue weighted by Crippen LogP contribution is -2.32. The molecule has 0 atom stereocenters. The monoisotopic (exact) mass is 448 g/mol. The number of amides is 2. The molecule has 172 valence electrons. The lowest BCUT2D eigenvalue weighted by atomic mass is 10.2. The number of hydrogen-bond donors (Lipinski definition) is 2. The Hall–Kier alpha value is -4.00. The number of nitrogens with one attached hydrogen (secondary N) is 2. The van der Waals surface area contributed by atoms with Crippen LogP contribution in [0.15, 0.2) is 78.9 Å². The molecule has 0 fully saturated rings. The molecule has 0 saturated carbocycles. The first kappa shape index (κ1) is 23.7. The first-order chi connectivity index (χ1) is 16.1. The van der Waals surface area contributed by atoms with Gasteiger partial charge in [0.15, 0.2) is 6.61 Å². The summed E-state index contributed by atoms with van der Waals surface area (Å²) in [5.41, 5.74) is 1.48. The third kappa shape index (κ3) is 8.22. The molecule has 0 aliphatic rings. The third-order valence-corrected chi connectivity index (χ3v) is 4.59. The van der Waals surface area contributed by atoms with Gasteiger partial charge in [-0.1, -0.05) is 36.4 Å². The lowest BCUT2D eigenvalue weighted by molar-refractivity contribution is -0.123.